The number of fused-ring (bicyclic) bond motifs is 1. The molecule has 1 fully saturated rings. The van der Waals surface area contributed by atoms with Crippen LogP contribution in [0, 0.1) is 11.3 Å². The van der Waals surface area contributed by atoms with Crippen molar-refractivity contribution in [3.63, 3.8) is 0 Å². The Morgan fingerprint density at radius 1 is 1.19 bits per heavy atom. The van der Waals surface area contributed by atoms with E-state index in [2.05, 4.69) is 39.3 Å². The largest absolute Gasteiger partial charge is 0.455 e. The van der Waals surface area contributed by atoms with Crippen molar-refractivity contribution in [2.45, 2.75) is 12.9 Å². The molecule has 2 N–H and O–H groups in total. The van der Waals surface area contributed by atoms with Crippen molar-refractivity contribution in [1.29, 1.82) is 5.26 Å². The van der Waals surface area contributed by atoms with Crippen LogP contribution in [0.25, 0.3) is 11.0 Å². The molecule has 0 bridgehead atoms. The van der Waals surface area contributed by atoms with Crippen molar-refractivity contribution in [3.8, 4) is 17.6 Å². The summed E-state index contributed by atoms with van der Waals surface area (Å²) in [5, 5.41) is 14.9. The number of benzene rings is 1. The number of amides is 2. The van der Waals surface area contributed by atoms with Gasteiger partial charge in [0.05, 0.1) is 36.3 Å². The van der Waals surface area contributed by atoms with Gasteiger partial charge in [-0.25, -0.2) is 19.8 Å². The highest BCUT2D eigenvalue weighted by Crippen LogP contribution is 2.41. The number of carbonyl (C=O) groups is 1. The lowest BCUT2D eigenvalue weighted by Crippen LogP contribution is -2.42. The molecule has 228 valence electrons. The summed E-state index contributed by atoms with van der Waals surface area (Å²) in [5.41, 5.74) is -0.504. The Bertz CT molecular complexity index is 1430. The van der Waals surface area contributed by atoms with Gasteiger partial charge in [0.15, 0.2) is 0 Å². The second-order valence-corrected chi connectivity index (χ2v) is 15.2. The highest BCUT2D eigenvalue weighted by atomic mass is 32.3. The van der Waals surface area contributed by atoms with Crippen LogP contribution in [0.3, 0.4) is 0 Å². The maximum atomic E-state index is 14.1. The second-order valence-electron chi connectivity index (χ2n) is 10.6. The van der Waals surface area contributed by atoms with Crippen molar-refractivity contribution in [2.24, 2.45) is 0 Å². The number of nitrogens with one attached hydrogen (secondary N) is 2. The van der Waals surface area contributed by atoms with Gasteiger partial charge < -0.3 is 29.4 Å². The van der Waals surface area contributed by atoms with E-state index in [0.717, 1.165) is 25.0 Å². The predicted molar refractivity (Wildman–Crippen MR) is 156 cm³/mol. The molecule has 3 aromatic rings. The minimum atomic E-state index is -4.68. The van der Waals surface area contributed by atoms with Crippen LogP contribution in [0.15, 0.2) is 36.7 Å². The molecule has 0 aliphatic carbocycles. The van der Waals surface area contributed by atoms with E-state index in [9.17, 15) is 23.2 Å². The SMILES string of the molecule is CS(C)(C)CCOCn1cc(C(F)(F)F)c2c(Oc3ccc(NC(=O)NCCN4CCOCC4)cc3C#N)ccnc21. The van der Waals surface area contributed by atoms with Crippen molar-refractivity contribution in [1.82, 2.24) is 19.8 Å². The Morgan fingerprint density at radius 2 is 1.95 bits per heavy atom. The van der Waals surface area contributed by atoms with Crippen LogP contribution in [0.2, 0.25) is 0 Å². The van der Waals surface area contributed by atoms with E-state index in [0.29, 0.717) is 38.6 Å². The average Bonchev–Trinajstić information content (AvgIpc) is 3.32. The fourth-order valence-corrected chi connectivity index (χ4v) is 4.90. The van der Waals surface area contributed by atoms with Gasteiger partial charge in [-0.2, -0.15) is 18.4 Å². The zero-order valence-electron chi connectivity index (χ0n) is 23.8. The molecule has 1 aliphatic heterocycles. The van der Waals surface area contributed by atoms with Crippen molar-refractivity contribution in [3.05, 3.63) is 47.8 Å². The molecule has 10 nitrogen and oxygen atoms in total. The van der Waals surface area contributed by atoms with Crippen LogP contribution in [0.1, 0.15) is 11.1 Å². The number of carbonyl (C=O) groups excluding carboxylic acids is 1. The second kappa shape index (κ2) is 13.6. The summed E-state index contributed by atoms with van der Waals surface area (Å²) in [6.07, 6.45) is 4.03. The molecule has 3 heterocycles. The molecule has 0 saturated carbocycles. The smallest absolute Gasteiger partial charge is 0.418 e. The molecule has 2 amide bonds. The summed E-state index contributed by atoms with van der Waals surface area (Å²) < 4.78 is 60.4. The summed E-state index contributed by atoms with van der Waals surface area (Å²) in [6.45, 7) is 4.36. The number of hydrogen-bond donors (Lipinski definition) is 2. The first kappa shape index (κ1) is 31.4. The third kappa shape index (κ3) is 8.51. The highest BCUT2D eigenvalue weighted by Gasteiger charge is 2.36. The van der Waals surface area contributed by atoms with E-state index >= 15 is 0 Å². The number of anilines is 1. The lowest BCUT2D eigenvalue weighted by Gasteiger charge is -2.26. The zero-order chi connectivity index (χ0) is 30.3. The van der Waals surface area contributed by atoms with E-state index < -0.39 is 27.8 Å². The third-order valence-electron chi connectivity index (χ3n) is 6.49. The first-order valence-corrected chi connectivity index (χ1v) is 16.3. The summed E-state index contributed by atoms with van der Waals surface area (Å²) in [6, 6.07) is 7.20. The summed E-state index contributed by atoms with van der Waals surface area (Å²) in [4.78, 5) is 18.7. The van der Waals surface area contributed by atoms with E-state index in [4.69, 9.17) is 14.2 Å². The number of nitriles is 1. The standard InChI is InChI=1S/C28H35F3N6O4S/c1-42(2,3)15-14-40-19-37-18-22(28(29,30)31)25-24(6-7-33-26(25)37)41-23-5-4-21(16-20(23)17-32)35-27(38)34-8-9-36-10-12-39-13-11-36/h4-7,16,18H,8-15,19H2,1-3H3,(H2,34,35,38). The Hall–Kier alpha value is -3.51. The number of nitrogens with zero attached hydrogens (tertiary/aromatic N) is 4. The number of rotatable bonds is 11. The van der Waals surface area contributed by atoms with Gasteiger partial charge in [-0.15, -0.1) is 0 Å². The molecule has 0 atom stereocenters. The van der Waals surface area contributed by atoms with Crippen LogP contribution in [0.4, 0.5) is 23.7 Å². The Kier molecular flexibility index (Phi) is 10.2. The molecule has 1 aromatic carbocycles. The first-order valence-electron chi connectivity index (χ1n) is 13.3. The lowest BCUT2D eigenvalue weighted by atomic mass is 10.1. The van der Waals surface area contributed by atoms with E-state index in [1.165, 1.54) is 35.0 Å². The molecule has 0 unspecified atom stereocenters. The fraction of sp³-hybridized carbons (Fsp3) is 0.464. The first-order chi connectivity index (χ1) is 19.9. The number of morpholine rings is 1. The topological polar surface area (TPSA) is 114 Å². The van der Waals surface area contributed by atoms with E-state index in [1.54, 1.807) is 0 Å². The van der Waals surface area contributed by atoms with Crippen molar-refractivity contribution in [2.75, 3.05) is 75.8 Å². The van der Waals surface area contributed by atoms with Crippen molar-refractivity contribution >= 4 is 32.8 Å². The molecular formula is C28H35F3N6O4S. The highest BCUT2D eigenvalue weighted by molar-refractivity contribution is 8.32. The number of alkyl halides is 3. The number of halogens is 3. The van der Waals surface area contributed by atoms with Gasteiger partial charge >= 0.3 is 12.2 Å². The molecule has 14 heteroatoms. The molecule has 4 rings (SSSR count). The van der Waals surface area contributed by atoms with Crippen molar-refractivity contribution < 1.29 is 32.2 Å². The van der Waals surface area contributed by atoms with Gasteiger partial charge in [0.2, 0.25) is 0 Å². The third-order valence-corrected chi connectivity index (χ3v) is 7.88. The average molecular weight is 609 g/mol. The van der Waals surface area contributed by atoms with Gasteiger partial charge in [0.25, 0.3) is 0 Å². The van der Waals surface area contributed by atoms with Gasteiger partial charge in [0, 0.05) is 50.0 Å². The maximum Gasteiger partial charge on any atom is 0.418 e. The van der Waals surface area contributed by atoms with Crippen LogP contribution in [0.5, 0.6) is 11.5 Å². The maximum absolute atomic E-state index is 14.1. The number of urea groups is 1. The molecule has 0 spiro atoms. The minimum absolute atomic E-state index is 0.0343. The summed E-state index contributed by atoms with van der Waals surface area (Å²) in [5.74, 6) is 0.745. The van der Waals surface area contributed by atoms with Crippen LogP contribution in [-0.4, -0.2) is 91.0 Å². The lowest BCUT2D eigenvalue weighted by molar-refractivity contribution is -0.136. The molecule has 2 aromatic heterocycles. The normalized spacial score (nSPS) is 14.9. The van der Waals surface area contributed by atoms with Gasteiger partial charge in [0.1, 0.15) is 29.9 Å². The number of aromatic nitrogens is 2. The molecule has 1 aliphatic rings. The summed E-state index contributed by atoms with van der Waals surface area (Å²) >= 11 is 0. The minimum Gasteiger partial charge on any atom is -0.455 e. The molecular weight excluding hydrogens is 573 g/mol. The Labute approximate surface area is 244 Å². The Morgan fingerprint density at radius 3 is 2.64 bits per heavy atom. The summed E-state index contributed by atoms with van der Waals surface area (Å²) in [7, 11) is -0.814. The zero-order valence-corrected chi connectivity index (χ0v) is 24.6. The van der Waals surface area contributed by atoms with Gasteiger partial charge in [-0.3, -0.25) is 4.90 Å². The molecule has 42 heavy (non-hydrogen) atoms. The van der Waals surface area contributed by atoms with Crippen LogP contribution >= 0.6 is 10.0 Å². The van der Waals surface area contributed by atoms with E-state index in [-0.39, 0.29) is 34.8 Å². The molecule has 0 radical (unpaired) electrons. The number of hydrogen-bond acceptors (Lipinski definition) is 7. The van der Waals surface area contributed by atoms with E-state index in [1.807, 2.05) is 6.07 Å². The quantitative estimate of drug-likeness (QED) is 0.300. The number of ether oxygens (including phenoxy) is 3. The van der Waals surface area contributed by atoms with Crippen LogP contribution in [-0.2, 0) is 22.4 Å². The van der Waals surface area contributed by atoms with Gasteiger partial charge in [-0.1, -0.05) is 0 Å². The number of pyridine rings is 1. The predicted octanol–water partition coefficient (Wildman–Crippen LogP) is 4.84. The Balaban J connectivity index is 1.48. The van der Waals surface area contributed by atoms with Crippen LogP contribution < -0.4 is 15.4 Å². The molecule has 1 saturated heterocycles. The fourth-order valence-electron chi connectivity index (χ4n) is 4.29. The monoisotopic (exact) mass is 608 g/mol. The van der Waals surface area contributed by atoms with Gasteiger partial charge in [-0.05, 0) is 43.0 Å².